The van der Waals surface area contributed by atoms with Crippen LogP contribution in [-0.4, -0.2) is 24.2 Å². The predicted octanol–water partition coefficient (Wildman–Crippen LogP) is 2.96. The van der Waals surface area contributed by atoms with E-state index in [9.17, 15) is 0 Å². The van der Waals surface area contributed by atoms with Crippen LogP contribution in [0.4, 0.5) is 0 Å². The van der Waals surface area contributed by atoms with Crippen LogP contribution >= 0.6 is 0 Å². The minimum Gasteiger partial charge on any atom is -0.355 e. The summed E-state index contributed by atoms with van der Waals surface area (Å²) in [6.45, 7) is 2.43. The van der Waals surface area contributed by atoms with Crippen molar-refractivity contribution >= 4 is 0 Å². The smallest absolute Gasteiger partial charge is 0.111 e. The van der Waals surface area contributed by atoms with Crippen molar-refractivity contribution in [1.29, 1.82) is 0 Å². The van der Waals surface area contributed by atoms with E-state index in [-0.39, 0.29) is 0 Å². The van der Waals surface area contributed by atoms with Gasteiger partial charge in [-0.15, -0.1) is 0 Å². The number of nitrogens with zero attached hydrogens (tertiary/aromatic N) is 1. The average Bonchev–Trinajstić information content (AvgIpc) is 2.39. The Kier molecular flexibility index (Phi) is 2.94. The highest BCUT2D eigenvalue weighted by Gasteiger charge is 2.31. The van der Waals surface area contributed by atoms with Crippen LogP contribution in [0.15, 0.2) is 30.3 Å². The maximum Gasteiger partial charge on any atom is 0.111 e. The average molecular weight is 217 g/mol. The fraction of sp³-hybridized carbons (Fsp3) is 0.571. The van der Waals surface area contributed by atoms with Crippen molar-refractivity contribution < 1.29 is 4.74 Å². The van der Waals surface area contributed by atoms with Crippen LogP contribution in [0, 0.1) is 0 Å². The zero-order valence-corrected chi connectivity index (χ0v) is 9.64. The van der Waals surface area contributed by atoms with Gasteiger partial charge in [0, 0.05) is 13.1 Å². The van der Waals surface area contributed by atoms with Crippen molar-refractivity contribution in [2.24, 2.45) is 0 Å². The molecule has 1 aromatic carbocycles. The molecule has 2 unspecified atom stereocenters. The summed E-state index contributed by atoms with van der Waals surface area (Å²) < 4.78 is 6.20. The van der Waals surface area contributed by atoms with Gasteiger partial charge in [-0.1, -0.05) is 30.3 Å². The molecule has 0 radical (unpaired) electrons. The zero-order valence-electron chi connectivity index (χ0n) is 9.64. The maximum atomic E-state index is 6.20. The highest BCUT2D eigenvalue weighted by Crippen LogP contribution is 2.32. The van der Waals surface area contributed by atoms with Crippen molar-refractivity contribution in [2.75, 3.05) is 13.1 Å². The quantitative estimate of drug-likeness (QED) is 0.717. The lowest BCUT2D eigenvalue weighted by Gasteiger charge is -2.42. The number of hydrogen-bond donors (Lipinski definition) is 0. The molecule has 0 spiro atoms. The molecule has 2 saturated heterocycles. The molecule has 2 fully saturated rings. The second-order valence-corrected chi connectivity index (χ2v) is 4.81. The third-order valence-electron chi connectivity index (χ3n) is 3.72. The van der Waals surface area contributed by atoms with E-state index >= 15 is 0 Å². The fourth-order valence-electron chi connectivity index (χ4n) is 2.82. The molecule has 0 aliphatic carbocycles. The molecule has 2 heterocycles. The van der Waals surface area contributed by atoms with E-state index in [4.69, 9.17) is 4.74 Å². The molecule has 2 nitrogen and oxygen atoms in total. The Balaban J connectivity index is 1.71. The second kappa shape index (κ2) is 4.56. The Labute approximate surface area is 97.2 Å². The second-order valence-electron chi connectivity index (χ2n) is 4.81. The number of rotatable bonds is 1. The van der Waals surface area contributed by atoms with Crippen molar-refractivity contribution in [1.82, 2.24) is 4.90 Å². The molecule has 86 valence electrons. The van der Waals surface area contributed by atoms with Gasteiger partial charge in [-0.2, -0.15) is 0 Å². The first-order valence-corrected chi connectivity index (χ1v) is 6.38. The molecule has 2 heteroatoms. The number of fused-ring (bicyclic) bond motifs is 1. The monoisotopic (exact) mass is 217 g/mol. The Hall–Kier alpha value is -0.860. The summed E-state index contributed by atoms with van der Waals surface area (Å²) in [6, 6.07) is 10.6. The van der Waals surface area contributed by atoms with E-state index in [0.29, 0.717) is 12.3 Å². The first-order chi connectivity index (χ1) is 7.93. The van der Waals surface area contributed by atoms with E-state index in [1.54, 1.807) is 0 Å². The summed E-state index contributed by atoms with van der Waals surface area (Å²) in [5, 5.41) is 0. The lowest BCUT2D eigenvalue weighted by Crippen LogP contribution is -2.46. The molecular formula is C14H19NO. The molecule has 0 amide bonds. The fourth-order valence-corrected chi connectivity index (χ4v) is 2.82. The summed E-state index contributed by atoms with van der Waals surface area (Å²) in [5.74, 6) is 0. The van der Waals surface area contributed by atoms with Gasteiger partial charge in [-0.25, -0.2) is 0 Å². The van der Waals surface area contributed by atoms with Crippen LogP contribution in [0.3, 0.4) is 0 Å². The number of hydrogen-bond acceptors (Lipinski definition) is 2. The molecule has 0 saturated carbocycles. The molecule has 0 bridgehead atoms. The number of benzene rings is 1. The zero-order chi connectivity index (χ0) is 10.8. The molecular weight excluding hydrogens is 198 g/mol. The van der Waals surface area contributed by atoms with Gasteiger partial charge in [-0.05, 0) is 31.2 Å². The van der Waals surface area contributed by atoms with Crippen molar-refractivity contribution in [3.8, 4) is 0 Å². The summed E-state index contributed by atoms with van der Waals surface area (Å²) in [6.07, 6.45) is 5.72. The van der Waals surface area contributed by atoms with Crippen molar-refractivity contribution in [2.45, 2.75) is 38.0 Å². The normalized spacial score (nSPS) is 31.0. The third-order valence-corrected chi connectivity index (χ3v) is 3.72. The van der Waals surface area contributed by atoms with E-state index in [1.807, 2.05) is 0 Å². The Morgan fingerprint density at radius 1 is 1.00 bits per heavy atom. The molecule has 2 aliphatic heterocycles. The largest absolute Gasteiger partial charge is 0.355 e. The lowest BCUT2D eigenvalue weighted by molar-refractivity contribution is -0.155. The third kappa shape index (κ3) is 2.00. The Morgan fingerprint density at radius 2 is 1.88 bits per heavy atom. The SMILES string of the molecule is c1ccc(C2CCN3CCCCC3O2)cc1. The molecule has 2 atom stereocenters. The molecule has 0 N–H and O–H groups in total. The molecule has 2 aliphatic rings. The number of piperidine rings is 1. The maximum absolute atomic E-state index is 6.20. The van der Waals surface area contributed by atoms with E-state index in [2.05, 4.69) is 35.2 Å². The summed E-state index contributed by atoms with van der Waals surface area (Å²) in [4.78, 5) is 2.50. The molecule has 16 heavy (non-hydrogen) atoms. The summed E-state index contributed by atoms with van der Waals surface area (Å²) in [7, 11) is 0. The summed E-state index contributed by atoms with van der Waals surface area (Å²) in [5.41, 5.74) is 1.34. The van der Waals surface area contributed by atoms with Crippen molar-refractivity contribution in [3.63, 3.8) is 0 Å². The van der Waals surface area contributed by atoms with E-state index < -0.39 is 0 Å². The van der Waals surface area contributed by atoms with Gasteiger partial charge in [0.15, 0.2) is 0 Å². The van der Waals surface area contributed by atoms with Crippen LogP contribution < -0.4 is 0 Å². The van der Waals surface area contributed by atoms with Crippen LogP contribution in [-0.2, 0) is 4.74 Å². The van der Waals surface area contributed by atoms with Gasteiger partial charge in [0.1, 0.15) is 6.23 Å². The van der Waals surface area contributed by atoms with Gasteiger partial charge in [0.05, 0.1) is 6.10 Å². The standard InChI is InChI=1S/C14H19NO/c1-2-6-12(7-3-1)13-9-11-15-10-5-4-8-14(15)16-13/h1-3,6-7,13-14H,4-5,8-11H2. The van der Waals surface area contributed by atoms with Gasteiger partial charge in [0.25, 0.3) is 0 Å². The number of ether oxygens (including phenoxy) is 1. The van der Waals surface area contributed by atoms with Gasteiger partial charge < -0.3 is 4.74 Å². The molecule has 3 rings (SSSR count). The van der Waals surface area contributed by atoms with Crippen LogP contribution in [0.25, 0.3) is 0 Å². The van der Waals surface area contributed by atoms with Gasteiger partial charge in [-0.3, -0.25) is 4.90 Å². The molecule has 0 aromatic heterocycles. The van der Waals surface area contributed by atoms with Gasteiger partial charge in [0.2, 0.25) is 0 Å². The van der Waals surface area contributed by atoms with Crippen LogP contribution in [0.1, 0.15) is 37.4 Å². The summed E-state index contributed by atoms with van der Waals surface area (Å²) >= 11 is 0. The highest BCUT2D eigenvalue weighted by molar-refractivity contribution is 5.18. The topological polar surface area (TPSA) is 12.5 Å². The predicted molar refractivity (Wildman–Crippen MR) is 64.1 cm³/mol. The van der Waals surface area contributed by atoms with Crippen molar-refractivity contribution in [3.05, 3.63) is 35.9 Å². The lowest BCUT2D eigenvalue weighted by atomic mass is 10.0. The van der Waals surface area contributed by atoms with Crippen LogP contribution in [0.2, 0.25) is 0 Å². The Morgan fingerprint density at radius 3 is 2.75 bits per heavy atom. The first-order valence-electron chi connectivity index (χ1n) is 6.38. The molecule has 1 aromatic rings. The highest BCUT2D eigenvalue weighted by atomic mass is 16.5. The van der Waals surface area contributed by atoms with E-state index in [0.717, 1.165) is 6.42 Å². The minimum absolute atomic E-state index is 0.320. The van der Waals surface area contributed by atoms with Gasteiger partial charge >= 0.3 is 0 Å². The van der Waals surface area contributed by atoms with Crippen LogP contribution in [0.5, 0.6) is 0 Å². The van der Waals surface area contributed by atoms with E-state index in [1.165, 1.54) is 37.9 Å². The minimum atomic E-state index is 0.320. The first kappa shape index (κ1) is 10.3. The Bertz CT molecular complexity index is 338.